The maximum Gasteiger partial charge on any atom is 0.243 e. The van der Waals surface area contributed by atoms with Crippen molar-refractivity contribution >= 4 is 16.0 Å². The van der Waals surface area contributed by atoms with E-state index < -0.39 is 10.0 Å². The molecule has 19 heavy (non-hydrogen) atoms. The van der Waals surface area contributed by atoms with Crippen LogP contribution in [0.1, 0.15) is 12.8 Å². The van der Waals surface area contributed by atoms with Crippen molar-refractivity contribution in [3.8, 4) is 0 Å². The van der Waals surface area contributed by atoms with E-state index in [1.807, 2.05) is 0 Å². The molecule has 0 aliphatic carbocycles. The Morgan fingerprint density at radius 2 is 1.89 bits per heavy atom. The van der Waals surface area contributed by atoms with Gasteiger partial charge in [0.15, 0.2) is 0 Å². The molecule has 1 aromatic heterocycles. The van der Waals surface area contributed by atoms with Gasteiger partial charge in [0.05, 0.1) is 12.4 Å². The van der Waals surface area contributed by atoms with Crippen LogP contribution in [-0.4, -0.2) is 49.0 Å². The average Bonchev–Trinajstić information content (AvgIpc) is 2.40. The number of hydrogen-bond acceptors (Lipinski definition) is 6. The second kappa shape index (κ2) is 4.69. The maximum atomic E-state index is 12.2. The van der Waals surface area contributed by atoms with Crippen LogP contribution in [0, 0.1) is 5.92 Å². The van der Waals surface area contributed by atoms with Crippen molar-refractivity contribution in [1.29, 1.82) is 0 Å². The minimum atomic E-state index is -3.56. The van der Waals surface area contributed by atoms with E-state index in [2.05, 4.69) is 19.6 Å². The lowest BCUT2D eigenvalue weighted by atomic mass is 9.85. The first-order chi connectivity index (χ1) is 9.04. The molecule has 3 aliphatic heterocycles. The molecular weight excluding hydrogens is 266 g/mol. The second-order valence-corrected chi connectivity index (χ2v) is 6.86. The molecular formula is C11H17N5O2S. The summed E-state index contributed by atoms with van der Waals surface area (Å²) >= 11 is 0. The Hall–Kier alpha value is -1.25. The van der Waals surface area contributed by atoms with E-state index in [1.54, 1.807) is 0 Å². The Bertz CT molecular complexity index is 551. The van der Waals surface area contributed by atoms with Crippen LogP contribution in [0.25, 0.3) is 0 Å². The summed E-state index contributed by atoms with van der Waals surface area (Å²) in [5.41, 5.74) is 5.36. The zero-order chi connectivity index (χ0) is 13.5. The smallest absolute Gasteiger partial charge is 0.243 e. The fourth-order valence-corrected chi connectivity index (χ4v) is 4.02. The first-order valence-electron chi connectivity index (χ1n) is 6.37. The average molecular weight is 283 g/mol. The van der Waals surface area contributed by atoms with E-state index in [4.69, 9.17) is 5.73 Å². The summed E-state index contributed by atoms with van der Waals surface area (Å²) in [4.78, 5) is 9.81. The number of hydrogen-bond donors (Lipinski definition) is 2. The highest BCUT2D eigenvalue weighted by Crippen LogP contribution is 2.28. The van der Waals surface area contributed by atoms with Gasteiger partial charge in [-0.15, -0.1) is 0 Å². The molecule has 1 unspecified atom stereocenters. The van der Waals surface area contributed by atoms with Crippen LogP contribution in [0.5, 0.6) is 0 Å². The topological polar surface area (TPSA) is 101 Å². The predicted molar refractivity (Wildman–Crippen MR) is 69.7 cm³/mol. The van der Waals surface area contributed by atoms with Gasteiger partial charge in [0, 0.05) is 12.6 Å². The number of piperidine rings is 3. The highest BCUT2D eigenvalue weighted by molar-refractivity contribution is 7.89. The lowest BCUT2D eigenvalue weighted by molar-refractivity contribution is 0.0827. The third-order valence-electron chi connectivity index (χ3n) is 3.92. The normalized spacial score (nSPS) is 30.4. The molecule has 3 aliphatic rings. The molecule has 0 saturated carbocycles. The minimum absolute atomic E-state index is 0.00921. The van der Waals surface area contributed by atoms with Gasteiger partial charge in [0.2, 0.25) is 16.0 Å². The van der Waals surface area contributed by atoms with Crippen molar-refractivity contribution in [1.82, 2.24) is 19.6 Å². The Balaban J connectivity index is 1.76. The predicted octanol–water partition coefficient (Wildman–Crippen LogP) is -0.569. The summed E-state index contributed by atoms with van der Waals surface area (Å²) in [6.45, 7) is 2.95. The van der Waals surface area contributed by atoms with Crippen molar-refractivity contribution in [2.75, 3.05) is 25.4 Å². The SMILES string of the molecule is Nc1ncc(S(=O)(=O)NC2CN3CCC2CC3)cn1. The van der Waals surface area contributed by atoms with Gasteiger partial charge in [-0.3, -0.25) is 0 Å². The molecule has 0 spiro atoms. The number of nitrogen functional groups attached to an aromatic ring is 1. The summed E-state index contributed by atoms with van der Waals surface area (Å²) in [5, 5.41) is 0. The molecule has 1 atom stereocenters. The van der Waals surface area contributed by atoms with Gasteiger partial charge in [0.1, 0.15) is 4.90 Å². The van der Waals surface area contributed by atoms with Crippen LogP contribution in [0.2, 0.25) is 0 Å². The van der Waals surface area contributed by atoms with Gasteiger partial charge in [-0.1, -0.05) is 0 Å². The zero-order valence-electron chi connectivity index (χ0n) is 10.5. The number of anilines is 1. The molecule has 3 N–H and O–H groups in total. The number of sulfonamides is 1. The summed E-state index contributed by atoms with van der Waals surface area (Å²) in [5.74, 6) is 0.510. The van der Waals surface area contributed by atoms with Crippen molar-refractivity contribution in [3.05, 3.63) is 12.4 Å². The first-order valence-corrected chi connectivity index (χ1v) is 7.85. The minimum Gasteiger partial charge on any atom is -0.368 e. The van der Waals surface area contributed by atoms with Crippen molar-refractivity contribution in [2.45, 2.75) is 23.8 Å². The van der Waals surface area contributed by atoms with Gasteiger partial charge >= 0.3 is 0 Å². The zero-order valence-corrected chi connectivity index (χ0v) is 11.3. The number of nitrogens with one attached hydrogen (secondary N) is 1. The summed E-state index contributed by atoms with van der Waals surface area (Å²) < 4.78 is 27.2. The van der Waals surface area contributed by atoms with Gasteiger partial charge in [-0.05, 0) is 31.8 Å². The number of nitrogens with two attached hydrogens (primary N) is 1. The van der Waals surface area contributed by atoms with Gasteiger partial charge in [-0.2, -0.15) is 0 Å². The van der Waals surface area contributed by atoms with Crippen LogP contribution >= 0.6 is 0 Å². The third-order valence-corrected chi connectivity index (χ3v) is 5.37. The molecule has 1 aromatic rings. The van der Waals surface area contributed by atoms with E-state index in [9.17, 15) is 8.42 Å². The summed E-state index contributed by atoms with van der Waals surface area (Å²) in [6, 6.07) is -0.00921. The molecule has 4 rings (SSSR count). The molecule has 0 amide bonds. The molecule has 104 valence electrons. The number of rotatable bonds is 3. The molecule has 0 radical (unpaired) electrons. The Morgan fingerprint density at radius 1 is 1.26 bits per heavy atom. The van der Waals surface area contributed by atoms with Gasteiger partial charge in [0.25, 0.3) is 0 Å². The summed E-state index contributed by atoms with van der Waals surface area (Å²) in [6.07, 6.45) is 4.61. The second-order valence-electron chi connectivity index (χ2n) is 5.14. The Labute approximate surface area is 112 Å². The van der Waals surface area contributed by atoms with Gasteiger partial charge in [-0.25, -0.2) is 23.1 Å². The summed E-state index contributed by atoms with van der Waals surface area (Å²) in [7, 11) is -3.56. The van der Waals surface area contributed by atoms with Gasteiger partial charge < -0.3 is 10.6 Å². The molecule has 4 heterocycles. The maximum absolute atomic E-state index is 12.2. The van der Waals surface area contributed by atoms with Crippen molar-refractivity contribution in [3.63, 3.8) is 0 Å². The van der Waals surface area contributed by atoms with Crippen LogP contribution in [0.4, 0.5) is 5.95 Å². The Kier molecular flexibility index (Phi) is 3.15. The molecule has 3 fully saturated rings. The third kappa shape index (κ3) is 2.56. The first kappa shape index (κ1) is 12.8. The fraction of sp³-hybridized carbons (Fsp3) is 0.636. The van der Waals surface area contributed by atoms with E-state index in [-0.39, 0.29) is 16.9 Å². The standard InChI is InChI=1S/C11H17N5O2S/c12-11-13-5-9(6-14-11)19(17,18)15-10-7-16-3-1-8(10)2-4-16/h5-6,8,10,15H,1-4,7H2,(H2,12,13,14). The molecule has 0 aromatic carbocycles. The van der Waals surface area contributed by atoms with E-state index >= 15 is 0 Å². The lowest BCUT2D eigenvalue weighted by Crippen LogP contribution is -2.57. The molecule has 7 nitrogen and oxygen atoms in total. The fourth-order valence-electron chi connectivity index (χ4n) is 2.83. The highest BCUT2D eigenvalue weighted by atomic mass is 32.2. The Morgan fingerprint density at radius 3 is 2.42 bits per heavy atom. The quantitative estimate of drug-likeness (QED) is 0.770. The molecule has 8 heteroatoms. The van der Waals surface area contributed by atoms with E-state index in [1.165, 1.54) is 12.4 Å². The van der Waals surface area contributed by atoms with E-state index in [0.29, 0.717) is 5.92 Å². The van der Waals surface area contributed by atoms with Crippen LogP contribution in [0.3, 0.4) is 0 Å². The molecule has 2 bridgehead atoms. The van der Waals surface area contributed by atoms with Crippen LogP contribution < -0.4 is 10.5 Å². The number of fused-ring (bicyclic) bond motifs is 3. The monoisotopic (exact) mass is 283 g/mol. The van der Waals surface area contributed by atoms with Crippen LogP contribution in [-0.2, 0) is 10.0 Å². The highest BCUT2D eigenvalue weighted by Gasteiger charge is 2.36. The van der Waals surface area contributed by atoms with Crippen molar-refractivity contribution in [2.24, 2.45) is 5.92 Å². The lowest BCUT2D eigenvalue weighted by Gasteiger charge is -2.44. The number of nitrogens with zero attached hydrogens (tertiary/aromatic N) is 3. The van der Waals surface area contributed by atoms with E-state index in [0.717, 1.165) is 32.5 Å². The van der Waals surface area contributed by atoms with Crippen molar-refractivity contribution < 1.29 is 8.42 Å². The number of aromatic nitrogens is 2. The molecule has 3 saturated heterocycles. The van der Waals surface area contributed by atoms with Crippen LogP contribution in [0.15, 0.2) is 17.3 Å². The largest absolute Gasteiger partial charge is 0.368 e.